The van der Waals surface area contributed by atoms with Gasteiger partial charge in [0.2, 0.25) is 5.91 Å². The van der Waals surface area contributed by atoms with Crippen LogP contribution in [0.2, 0.25) is 0 Å². The van der Waals surface area contributed by atoms with E-state index in [1.54, 1.807) is 36.4 Å². The van der Waals surface area contributed by atoms with Crippen LogP contribution in [0.4, 0.5) is 11.4 Å². The van der Waals surface area contributed by atoms with Crippen molar-refractivity contribution < 1.29 is 23.9 Å². The molecule has 0 saturated carbocycles. The average Bonchev–Trinajstić information content (AvgIpc) is 2.71. The Morgan fingerprint density at radius 1 is 0.900 bits per heavy atom. The van der Waals surface area contributed by atoms with E-state index in [-0.39, 0.29) is 24.5 Å². The number of carbonyl (C=O) groups is 4. The summed E-state index contributed by atoms with van der Waals surface area (Å²) in [6.45, 7) is 3.02. The number of carbonyl (C=O) groups excluding carboxylic acids is 4. The smallest absolute Gasteiger partial charge is 0.306 e. The normalized spacial score (nSPS) is 10.2. The quantitative estimate of drug-likeness (QED) is 0.459. The van der Waals surface area contributed by atoms with Crippen molar-refractivity contribution in [3.05, 3.63) is 59.7 Å². The minimum atomic E-state index is -0.617. The lowest BCUT2D eigenvalue weighted by Gasteiger charge is -2.08. The Labute approximate surface area is 175 Å². The Hall–Kier alpha value is -3.48. The molecule has 2 aromatic rings. The lowest BCUT2D eigenvalue weighted by molar-refractivity contribution is -0.147. The zero-order valence-electron chi connectivity index (χ0n) is 17.2. The third-order valence-corrected chi connectivity index (χ3v) is 4.20. The van der Waals surface area contributed by atoms with Crippen LogP contribution in [0.25, 0.3) is 0 Å². The van der Waals surface area contributed by atoms with Crippen LogP contribution in [0.15, 0.2) is 48.5 Å². The first-order valence-electron chi connectivity index (χ1n) is 9.82. The van der Waals surface area contributed by atoms with Crippen LogP contribution in [0.3, 0.4) is 0 Å². The highest BCUT2D eigenvalue weighted by molar-refractivity contribution is 5.98. The molecule has 0 saturated heterocycles. The maximum atomic E-state index is 12.2. The molecule has 30 heavy (non-hydrogen) atoms. The van der Waals surface area contributed by atoms with E-state index in [1.807, 2.05) is 12.1 Å². The summed E-state index contributed by atoms with van der Waals surface area (Å²) in [6, 6.07) is 14.0. The minimum absolute atomic E-state index is 0.0202. The van der Waals surface area contributed by atoms with E-state index < -0.39 is 18.5 Å². The molecule has 0 spiro atoms. The molecule has 0 fully saturated rings. The topological polar surface area (TPSA) is 102 Å². The number of ether oxygens (including phenoxy) is 1. The summed E-state index contributed by atoms with van der Waals surface area (Å²) in [5.41, 5.74) is 2.73. The van der Waals surface area contributed by atoms with Crippen LogP contribution in [0.5, 0.6) is 0 Å². The summed E-state index contributed by atoms with van der Waals surface area (Å²) in [5.74, 6) is -1.50. The Morgan fingerprint density at radius 3 is 2.20 bits per heavy atom. The summed E-state index contributed by atoms with van der Waals surface area (Å²) in [5, 5.41) is 5.19. The number of ketones is 1. The molecule has 0 aliphatic rings. The first kappa shape index (κ1) is 22.8. The van der Waals surface area contributed by atoms with Gasteiger partial charge in [0.1, 0.15) is 0 Å². The molecule has 0 radical (unpaired) electrons. The first-order valence-corrected chi connectivity index (χ1v) is 9.82. The summed E-state index contributed by atoms with van der Waals surface area (Å²) >= 11 is 0. The van der Waals surface area contributed by atoms with E-state index in [0.717, 1.165) is 12.8 Å². The van der Waals surface area contributed by atoms with Gasteiger partial charge in [0, 0.05) is 30.3 Å². The zero-order valence-corrected chi connectivity index (χ0v) is 17.2. The fourth-order valence-corrected chi connectivity index (χ4v) is 2.80. The number of esters is 1. The van der Waals surface area contributed by atoms with E-state index in [9.17, 15) is 19.2 Å². The molecule has 0 aliphatic heterocycles. The van der Waals surface area contributed by atoms with Gasteiger partial charge in [0.05, 0.1) is 6.42 Å². The predicted octanol–water partition coefficient (Wildman–Crippen LogP) is 3.74. The molecule has 0 aromatic heterocycles. The van der Waals surface area contributed by atoms with Gasteiger partial charge in [0.25, 0.3) is 5.91 Å². The molecule has 0 bridgehead atoms. The third-order valence-electron chi connectivity index (χ3n) is 4.20. The second kappa shape index (κ2) is 11.5. The van der Waals surface area contributed by atoms with Gasteiger partial charge in [-0.25, -0.2) is 0 Å². The lowest BCUT2D eigenvalue weighted by Crippen LogP contribution is -2.21. The fraction of sp³-hybridized carbons (Fsp3) is 0.304. The maximum absolute atomic E-state index is 12.2. The van der Waals surface area contributed by atoms with Crippen molar-refractivity contribution in [2.45, 2.75) is 39.5 Å². The van der Waals surface area contributed by atoms with Crippen molar-refractivity contribution in [2.75, 3.05) is 17.2 Å². The Morgan fingerprint density at radius 2 is 1.57 bits per heavy atom. The summed E-state index contributed by atoms with van der Waals surface area (Å²) < 4.78 is 4.94. The molecule has 0 atom stereocenters. The first-order chi connectivity index (χ1) is 14.4. The van der Waals surface area contributed by atoms with Gasteiger partial charge in [-0.15, -0.1) is 0 Å². The molecular formula is C23H26N2O5. The molecule has 0 heterocycles. The minimum Gasteiger partial charge on any atom is -0.456 e. The van der Waals surface area contributed by atoms with E-state index in [2.05, 4.69) is 17.6 Å². The molecule has 0 aliphatic carbocycles. The van der Waals surface area contributed by atoms with Gasteiger partial charge in [-0.2, -0.15) is 0 Å². The van der Waals surface area contributed by atoms with Crippen LogP contribution in [0, 0.1) is 0 Å². The van der Waals surface area contributed by atoms with Crippen molar-refractivity contribution in [3.63, 3.8) is 0 Å². The predicted molar refractivity (Wildman–Crippen MR) is 114 cm³/mol. The van der Waals surface area contributed by atoms with Crippen LogP contribution >= 0.6 is 0 Å². The number of anilines is 2. The second-order valence-corrected chi connectivity index (χ2v) is 6.84. The highest BCUT2D eigenvalue weighted by Crippen LogP contribution is 2.15. The number of amides is 2. The van der Waals surface area contributed by atoms with Gasteiger partial charge in [-0.3, -0.25) is 19.2 Å². The molecule has 2 N–H and O–H groups in total. The second-order valence-electron chi connectivity index (χ2n) is 6.84. The third kappa shape index (κ3) is 7.87. The van der Waals surface area contributed by atoms with Gasteiger partial charge in [0.15, 0.2) is 12.4 Å². The number of nitrogens with one attached hydrogen (secondary N) is 2. The van der Waals surface area contributed by atoms with Gasteiger partial charge >= 0.3 is 5.97 Å². The standard InChI is InChI=1S/C23H26N2O5/c1-3-5-17-8-10-18(11-9-17)21(27)12-13-23(29)30-15-22(28)25-20-7-4-6-19(14-20)24-16(2)26/h4,6-11,14H,3,5,12-13,15H2,1-2H3,(H,24,26)(H,25,28). The fourth-order valence-electron chi connectivity index (χ4n) is 2.80. The number of aryl methyl sites for hydroxylation is 1. The van der Waals surface area contributed by atoms with E-state index in [0.29, 0.717) is 16.9 Å². The van der Waals surface area contributed by atoms with Gasteiger partial charge in [-0.1, -0.05) is 43.7 Å². The van der Waals surface area contributed by atoms with E-state index >= 15 is 0 Å². The lowest BCUT2D eigenvalue weighted by atomic mass is 10.0. The number of benzene rings is 2. The average molecular weight is 410 g/mol. The number of Topliss-reactive ketones (excluding diaryl/α,β-unsaturated/α-hetero) is 1. The molecule has 0 unspecified atom stereocenters. The highest BCUT2D eigenvalue weighted by atomic mass is 16.5. The molecular weight excluding hydrogens is 384 g/mol. The van der Waals surface area contributed by atoms with Gasteiger partial charge < -0.3 is 15.4 Å². The van der Waals surface area contributed by atoms with Crippen molar-refractivity contribution >= 4 is 34.9 Å². The molecule has 7 heteroatoms. The van der Waals surface area contributed by atoms with Crippen LogP contribution in [-0.4, -0.2) is 30.2 Å². The number of hydrogen-bond acceptors (Lipinski definition) is 5. The molecule has 2 rings (SSSR count). The van der Waals surface area contributed by atoms with Crippen molar-refractivity contribution in [3.8, 4) is 0 Å². The molecule has 2 aromatic carbocycles. The summed E-state index contributed by atoms with van der Waals surface area (Å²) in [6.07, 6.45) is 1.92. The Bertz CT molecular complexity index is 906. The maximum Gasteiger partial charge on any atom is 0.306 e. The van der Waals surface area contributed by atoms with E-state index in [1.165, 1.54) is 12.5 Å². The SMILES string of the molecule is CCCc1ccc(C(=O)CCC(=O)OCC(=O)Nc2cccc(NC(C)=O)c2)cc1. The number of rotatable bonds is 10. The Kier molecular flexibility index (Phi) is 8.75. The largest absolute Gasteiger partial charge is 0.456 e. The number of hydrogen-bond donors (Lipinski definition) is 2. The molecule has 7 nitrogen and oxygen atoms in total. The van der Waals surface area contributed by atoms with Crippen LogP contribution < -0.4 is 10.6 Å². The molecule has 158 valence electrons. The van der Waals surface area contributed by atoms with Crippen LogP contribution in [-0.2, 0) is 25.5 Å². The van der Waals surface area contributed by atoms with E-state index in [4.69, 9.17) is 4.74 Å². The van der Waals surface area contributed by atoms with Gasteiger partial charge in [-0.05, 0) is 30.2 Å². The zero-order chi connectivity index (χ0) is 21.9. The van der Waals surface area contributed by atoms with Crippen molar-refractivity contribution in [1.29, 1.82) is 0 Å². The molecule has 2 amide bonds. The van der Waals surface area contributed by atoms with Crippen molar-refractivity contribution in [1.82, 2.24) is 0 Å². The Balaban J connectivity index is 1.74. The summed E-state index contributed by atoms with van der Waals surface area (Å²) in [7, 11) is 0. The monoisotopic (exact) mass is 410 g/mol. The van der Waals surface area contributed by atoms with Crippen LogP contribution in [0.1, 0.15) is 49.0 Å². The van der Waals surface area contributed by atoms with Crippen molar-refractivity contribution in [2.24, 2.45) is 0 Å². The summed E-state index contributed by atoms with van der Waals surface area (Å²) in [4.78, 5) is 47.1. The highest BCUT2D eigenvalue weighted by Gasteiger charge is 2.12.